The SMILES string of the molecule is CSc1ccc(Cl)cc1S(=O)(=O)Nc1nc(-c2ccccc2)cs1. The van der Waals surface area contributed by atoms with Crippen molar-refractivity contribution in [1.82, 2.24) is 4.98 Å². The standard InChI is InChI=1S/C16H13ClN2O2S3/c1-22-14-8-7-12(17)9-15(14)24(20,21)19-16-18-13(10-23-16)11-5-3-2-4-6-11/h2-10H,1H3,(H,18,19). The number of thioether (sulfide) groups is 1. The molecule has 0 unspecified atom stereocenters. The fraction of sp³-hybridized carbons (Fsp3) is 0.0625. The van der Waals surface area contributed by atoms with Gasteiger partial charge in [0, 0.05) is 20.9 Å². The lowest BCUT2D eigenvalue weighted by Gasteiger charge is -2.09. The van der Waals surface area contributed by atoms with E-state index in [-0.39, 0.29) is 4.90 Å². The van der Waals surface area contributed by atoms with Crippen LogP contribution in [0.1, 0.15) is 0 Å². The molecule has 0 aliphatic heterocycles. The molecule has 0 radical (unpaired) electrons. The molecule has 1 heterocycles. The van der Waals surface area contributed by atoms with Crippen molar-refractivity contribution in [2.45, 2.75) is 9.79 Å². The van der Waals surface area contributed by atoms with Crippen LogP contribution in [-0.2, 0) is 10.0 Å². The van der Waals surface area contributed by atoms with E-state index >= 15 is 0 Å². The van der Waals surface area contributed by atoms with Crippen LogP contribution in [0.5, 0.6) is 0 Å². The molecule has 0 amide bonds. The zero-order chi connectivity index (χ0) is 17.2. The largest absolute Gasteiger partial charge is 0.264 e. The highest BCUT2D eigenvalue weighted by atomic mass is 35.5. The van der Waals surface area contributed by atoms with Crippen LogP contribution in [-0.4, -0.2) is 19.7 Å². The van der Waals surface area contributed by atoms with Gasteiger partial charge in [-0.25, -0.2) is 13.4 Å². The molecular formula is C16H13ClN2O2S3. The molecular weight excluding hydrogens is 384 g/mol. The van der Waals surface area contributed by atoms with Crippen molar-refractivity contribution in [2.24, 2.45) is 0 Å². The normalized spacial score (nSPS) is 11.4. The van der Waals surface area contributed by atoms with Gasteiger partial charge >= 0.3 is 0 Å². The molecule has 3 rings (SSSR count). The minimum absolute atomic E-state index is 0.152. The summed E-state index contributed by atoms with van der Waals surface area (Å²) in [5.74, 6) is 0. The summed E-state index contributed by atoms with van der Waals surface area (Å²) < 4.78 is 27.9. The van der Waals surface area contributed by atoms with E-state index in [4.69, 9.17) is 11.6 Å². The molecule has 1 N–H and O–H groups in total. The van der Waals surface area contributed by atoms with Crippen molar-refractivity contribution in [3.8, 4) is 11.3 Å². The van der Waals surface area contributed by atoms with E-state index < -0.39 is 10.0 Å². The predicted molar refractivity (Wildman–Crippen MR) is 102 cm³/mol. The highest BCUT2D eigenvalue weighted by Crippen LogP contribution is 2.31. The van der Waals surface area contributed by atoms with Gasteiger partial charge < -0.3 is 0 Å². The third-order valence-corrected chi connectivity index (χ3v) is 6.64. The van der Waals surface area contributed by atoms with Crippen molar-refractivity contribution in [3.63, 3.8) is 0 Å². The number of nitrogens with zero attached hydrogens (tertiary/aromatic N) is 1. The van der Waals surface area contributed by atoms with Crippen molar-refractivity contribution in [3.05, 3.63) is 58.9 Å². The Morgan fingerprint density at radius 1 is 1.17 bits per heavy atom. The lowest BCUT2D eigenvalue weighted by atomic mass is 10.2. The number of hydrogen-bond acceptors (Lipinski definition) is 5. The molecule has 8 heteroatoms. The summed E-state index contributed by atoms with van der Waals surface area (Å²) in [5, 5.41) is 2.51. The van der Waals surface area contributed by atoms with E-state index in [0.29, 0.717) is 15.0 Å². The molecule has 0 spiro atoms. The van der Waals surface area contributed by atoms with Crippen LogP contribution in [0, 0.1) is 0 Å². The maximum Gasteiger partial charge on any atom is 0.264 e. The van der Waals surface area contributed by atoms with Crippen molar-refractivity contribution in [1.29, 1.82) is 0 Å². The monoisotopic (exact) mass is 396 g/mol. The van der Waals surface area contributed by atoms with Crippen molar-refractivity contribution in [2.75, 3.05) is 11.0 Å². The van der Waals surface area contributed by atoms with Crippen molar-refractivity contribution >= 4 is 49.9 Å². The van der Waals surface area contributed by atoms with E-state index in [1.165, 1.54) is 29.2 Å². The Kier molecular flexibility index (Phi) is 5.15. The molecule has 124 valence electrons. The fourth-order valence-corrected chi connectivity index (χ4v) is 5.46. The summed E-state index contributed by atoms with van der Waals surface area (Å²) in [7, 11) is -3.75. The zero-order valence-corrected chi connectivity index (χ0v) is 15.8. The topological polar surface area (TPSA) is 59.1 Å². The Hall–Kier alpha value is -1.54. The van der Waals surface area contributed by atoms with Gasteiger partial charge in [-0.3, -0.25) is 4.72 Å². The van der Waals surface area contributed by atoms with E-state index in [2.05, 4.69) is 9.71 Å². The predicted octanol–water partition coefficient (Wildman–Crippen LogP) is 4.99. The van der Waals surface area contributed by atoms with Gasteiger partial charge in [0.25, 0.3) is 10.0 Å². The summed E-state index contributed by atoms with van der Waals surface area (Å²) >= 11 is 8.54. The first-order valence-electron chi connectivity index (χ1n) is 6.87. The molecule has 0 atom stereocenters. The first-order valence-corrected chi connectivity index (χ1v) is 10.8. The van der Waals surface area contributed by atoms with Gasteiger partial charge in [-0.05, 0) is 24.5 Å². The van der Waals surface area contributed by atoms with Gasteiger partial charge in [0.15, 0.2) is 5.13 Å². The van der Waals surface area contributed by atoms with Crippen LogP contribution < -0.4 is 4.72 Å². The first-order chi connectivity index (χ1) is 11.5. The smallest absolute Gasteiger partial charge is 0.255 e. The number of rotatable bonds is 5. The van der Waals surface area contributed by atoms with Crippen LogP contribution in [0.4, 0.5) is 5.13 Å². The highest BCUT2D eigenvalue weighted by molar-refractivity contribution is 7.99. The van der Waals surface area contributed by atoms with Crippen LogP contribution in [0.2, 0.25) is 5.02 Å². The number of thiazole rings is 1. The third kappa shape index (κ3) is 3.75. The van der Waals surface area contributed by atoms with Gasteiger partial charge in [-0.15, -0.1) is 23.1 Å². The molecule has 24 heavy (non-hydrogen) atoms. The Bertz CT molecular complexity index is 956. The zero-order valence-electron chi connectivity index (χ0n) is 12.6. The Balaban J connectivity index is 1.91. The van der Waals surface area contributed by atoms with Gasteiger partial charge in [-0.2, -0.15) is 0 Å². The molecule has 0 aliphatic carbocycles. The van der Waals surface area contributed by atoms with E-state index in [1.807, 2.05) is 42.0 Å². The number of aromatic nitrogens is 1. The molecule has 1 aromatic heterocycles. The van der Waals surface area contributed by atoms with Crippen molar-refractivity contribution < 1.29 is 8.42 Å². The van der Waals surface area contributed by atoms with Gasteiger partial charge in [0.05, 0.1) is 5.69 Å². The third-order valence-electron chi connectivity index (χ3n) is 3.21. The lowest BCUT2D eigenvalue weighted by Crippen LogP contribution is -2.13. The minimum atomic E-state index is -3.75. The van der Waals surface area contributed by atoms with Crippen LogP contribution >= 0.6 is 34.7 Å². The van der Waals surface area contributed by atoms with E-state index in [9.17, 15) is 8.42 Å². The molecule has 2 aromatic carbocycles. The molecule has 4 nitrogen and oxygen atoms in total. The molecule has 0 fully saturated rings. The number of halogens is 1. The number of hydrogen-bond donors (Lipinski definition) is 1. The average Bonchev–Trinajstić information content (AvgIpc) is 3.03. The maximum absolute atomic E-state index is 12.7. The molecule has 0 aliphatic rings. The molecule has 0 saturated carbocycles. The second kappa shape index (κ2) is 7.14. The minimum Gasteiger partial charge on any atom is -0.255 e. The summed E-state index contributed by atoms with van der Waals surface area (Å²) in [6, 6.07) is 14.4. The highest BCUT2D eigenvalue weighted by Gasteiger charge is 2.20. The number of anilines is 1. The van der Waals surface area contributed by atoms with E-state index in [0.717, 1.165) is 11.3 Å². The quantitative estimate of drug-likeness (QED) is 0.617. The van der Waals surface area contributed by atoms with Gasteiger partial charge in [-0.1, -0.05) is 41.9 Å². The van der Waals surface area contributed by atoms with Crippen LogP contribution in [0.15, 0.2) is 63.7 Å². The fourth-order valence-electron chi connectivity index (χ4n) is 2.09. The number of benzene rings is 2. The Labute approximate surface area is 154 Å². The maximum atomic E-state index is 12.7. The number of nitrogens with one attached hydrogen (secondary N) is 1. The molecule has 0 saturated heterocycles. The van der Waals surface area contributed by atoms with Crippen LogP contribution in [0.25, 0.3) is 11.3 Å². The van der Waals surface area contributed by atoms with Crippen LogP contribution in [0.3, 0.4) is 0 Å². The summed E-state index contributed by atoms with van der Waals surface area (Å²) in [5.41, 5.74) is 1.67. The summed E-state index contributed by atoms with van der Waals surface area (Å²) in [6.07, 6.45) is 1.82. The first kappa shape index (κ1) is 17.3. The number of sulfonamides is 1. The van der Waals surface area contributed by atoms with E-state index in [1.54, 1.807) is 12.1 Å². The summed E-state index contributed by atoms with van der Waals surface area (Å²) in [4.78, 5) is 5.14. The second-order valence-corrected chi connectivity index (χ2v) is 8.60. The van der Waals surface area contributed by atoms with Gasteiger partial charge in [0.2, 0.25) is 0 Å². The Morgan fingerprint density at radius 3 is 2.62 bits per heavy atom. The summed E-state index contributed by atoms with van der Waals surface area (Å²) in [6.45, 7) is 0. The second-order valence-electron chi connectivity index (χ2n) is 4.80. The molecule has 0 bridgehead atoms. The average molecular weight is 397 g/mol. The lowest BCUT2D eigenvalue weighted by molar-refractivity contribution is 0.599. The Morgan fingerprint density at radius 2 is 1.92 bits per heavy atom. The van der Waals surface area contributed by atoms with Gasteiger partial charge in [0.1, 0.15) is 4.90 Å². The molecule has 3 aromatic rings.